The van der Waals surface area contributed by atoms with Crippen molar-refractivity contribution in [2.45, 2.75) is 13.8 Å². The lowest BCUT2D eigenvalue weighted by Gasteiger charge is -2.26. The van der Waals surface area contributed by atoms with Crippen molar-refractivity contribution >= 4 is 5.97 Å². The minimum absolute atomic E-state index is 0. The summed E-state index contributed by atoms with van der Waals surface area (Å²) in [6, 6.07) is 0. The Labute approximate surface area is 91.4 Å². The zero-order chi connectivity index (χ0) is 10.5. The first-order valence-corrected chi connectivity index (χ1v) is 4.20. The zero-order valence-corrected chi connectivity index (χ0v) is 9.93. The molecule has 84 valence electrons. The lowest BCUT2D eigenvalue weighted by atomic mass is 10.4. The van der Waals surface area contributed by atoms with Crippen molar-refractivity contribution in [1.29, 1.82) is 0 Å². The number of carbonyl (C=O) groups excluding carboxylic acids is 1. The molecule has 0 spiro atoms. The second-order valence-electron chi connectivity index (χ2n) is 3.65. The molecule has 4 nitrogen and oxygen atoms in total. The number of carbonyl (C=O) groups is 1. The van der Waals surface area contributed by atoms with Gasteiger partial charge in [0, 0.05) is 5.57 Å². The average Bonchev–Trinajstić information content (AvgIpc) is 2.04. The van der Waals surface area contributed by atoms with Crippen molar-refractivity contribution in [2.75, 3.05) is 27.4 Å². The van der Waals surface area contributed by atoms with Gasteiger partial charge in [-0.3, -0.25) is 4.89 Å². The number of rotatable bonds is 5. The Bertz CT molecular complexity index is 204. The van der Waals surface area contributed by atoms with Gasteiger partial charge < -0.3 is 16.9 Å². The van der Waals surface area contributed by atoms with Crippen LogP contribution in [0.15, 0.2) is 12.2 Å². The van der Waals surface area contributed by atoms with E-state index in [0.717, 1.165) is 6.54 Å². The number of halogens is 1. The third-order valence-corrected chi connectivity index (χ3v) is 1.74. The van der Waals surface area contributed by atoms with Crippen molar-refractivity contribution in [2.24, 2.45) is 0 Å². The Morgan fingerprint density at radius 1 is 1.43 bits per heavy atom. The molecule has 0 aromatic rings. The van der Waals surface area contributed by atoms with Crippen molar-refractivity contribution in [3.8, 4) is 0 Å². The zero-order valence-electron chi connectivity index (χ0n) is 9.17. The molecule has 0 amide bonds. The standard InChI is InChI=1S/C9H18NO3.ClH/c1-6-10(4,5)7-12-13-9(11)8(2)3;/h2,6-7H2,1,3-5H3;1H/q+1;/p-1. The van der Waals surface area contributed by atoms with Crippen LogP contribution < -0.4 is 12.4 Å². The van der Waals surface area contributed by atoms with Crippen LogP contribution in [0.3, 0.4) is 0 Å². The van der Waals surface area contributed by atoms with Gasteiger partial charge in [-0.05, 0) is 13.8 Å². The summed E-state index contributed by atoms with van der Waals surface area (Å²) in [5.74, 6) is -0.517. The molecule has 0 rings (SSSR count). The molecule has 0 saturated carbocycles. The van der Waals surface area contributed by atoms with Crippen LogP contribution in [0.2, 0.25) is 0 Å². The minimum atomic E-state index is -0.517. The SMILES string of the molecule is C=C(C)C(=O)OOC[N+](C)(C)CC.[Cl-]. The van der Waals surface area contributed by atoms with Gasteiger partial charge in [-0.15, -0.1) is 4.89 Å². The Morgan fingerprint density at radius 3 is 2.29 bits per heavy atom. The molecule has 14 heavy (non-hydrogen) atoms. The first kappa shape index (κ1) is 15.9. The Hall–Kier alpha value is -0.580. The van der Waals surface area contributed by atoms with E-state index in [9.17, 15) is 4.79 Å². The van der Waals surface area contributed by atoms with Gasteiger partial charge in [-0.2, -0.15) is 0 Å². The van der Waals surface area contributed by atoms with Gasteiger partial charge in [0.1, 0.15) is 0 Å². The predicted octanol–water partition coefficient (Wildman–Crippen LogP) is -1.90. The predicted molar refractivity (Wildman–Crippen MR) is 49.5 cm³/mol. The first-order valence-electron chi connectivity index (χ1n) is 4.20. The fraction of sp³-hybridized carbons (Fsp3) is 0.667. The summed E-state index contributed by atoms with van der Waals surface area (Å²) in [5, 5.41) is 0. The summed E-state index contributed by atoms with van der Waals surface area (Å²) in [6.45, 7) is 8.29. The van der Waals surface area contributed by atoms with Crippen molar-refractivity contribution < 1.29 is 31.5 Å². The van der Waals surface area contributed by atoms with E-state index in [2.05, 4.69) is 11.5 Å². The number of hydrogen-bond donors (Lipinski definition) is 0. The first-order chi connectivity index (χ1) is 5.89. The summed E-state index contributed by atoms with van der Waals surface area (Å²) in [6.07, 6.45) is 0. The van der Waals surface area contributed by atoms with Gasteiger partial charge in [-0.25, -0.2) is 4.79 Å². The van der Waals surface area contributed by atoms with Gasteiger partial charge in [-0.1, -0.05) is 6.58 Å². The number of quaternary nitrogens is 1. The molecule has 0 aromatic carbocycles. The Balaban J connectivity index is 0. The van der Waals surface area contributed by atoms with Gasteiger partial charge >= 0.3 is 5.97 Å². The number of nitrogens with zero attached hydrogens (tertiary/aromatic N) is 1. The van der Waals surface area contributed by atoms with Crippen LogP contribution in [0.4, 0.5) is 0 Å². The highest BCUT2D eigenvalue weighted by atomic mass is 35.5. The smallest absolute Gasteiger partial charge is 0.368 e. The largest absolute Gasteiger partial charge is 1.00 e. The number of hydrogen-bond acceptors (Lipinski definition) is 3. The monoisotopic (exact) mass is 223 g/mol. The molecule has 0 atom stereocenters. The van der Waals surface area contributed by atoms with E-state index in [1.54, 1.807) is 6.92 Å². The van der Waals surface area contributed by atoms with Crippen LogP contribution in [0, 0.1) is 0 Å². The van der Waals surface area contributed by atoms with Gasteiger partial charge in [0.15, 0.2) is 0 Å². The molecule has 0 bridgehead atoms. The Kier molecular flexibility index (Phi) is 7.72. The fourth-order valence-electron chi connectivity index (χ4n) is 0.385. The average molecular weight is 224 g/mol. The summed E-state index contributed by atoms with van der Waals surface area (Å²) in [4.78, 5) is 20.1. The maximum absolute atomic E-state index is 10.9. The molecular weight excluding hydrogens is 206 g/mol. The molecule has 5 heteroatoms. The van der Waals surface area contributed by atoms with Crippen LogP contribution >= 0.6 is 0 Å². The van der Waals surface area contributed by atoms with Crippen LogP contribution in [-0.4, -0.2) is 37.8 Å². The van der Waals surface area contributed by atoms with E-state index in [0.29, 0.717) is 16.8 Å². The third kappa shape index (κ3) is 6.88. The quantitative estimate of drug-likeness (QED) is 0.180. The molecule has 0 heterocycles. The summed E-state index contributed by atoms with van der Waals surface area (Å²) in [5.41, 5.74) is 0.335. The van der Waals surface area contributed by atoms with Crippen molar-refractivity contribution in [3.63, 3.8) is 0 Å². The second kappa shape index (κ2) is 6.81. The molecule has 0 N–H and O–H groups in total. The van der Waals surface area contributed by atoms with Crippen LogP contribution in [0.25, 0.3) is 0 Å². The van der Waals surface area contributed by atoms with Crippen molar-refractivity contribution in [1.82, 2.24) is 0 Å². The van der Waals surface area contributed by atoms with E-state index < -0.39 is 5.97 Å². The lowest BCUT2D eigenvalue weighted by molar-refractivity contribution is -0.916. The van der Waals surface area contributed by atoms with E-state index >= 15 is 0 Å². The van der Waals surface area contributed by atoms with E-state index in [4.69, 9.17) is 4.89 Å². The normalized spacial score (nSPS) is 10.3. The third-order valence-electron chi connectivity index (χ3n) is 1.74. The molecule has 0 saturated heterocycles. The highest BCUT2D eigenvalue weighted by Crippen LogP contribution is 1.98. The minimum Gasteiger partial charge on any atom is -1.00 e. The van der Waals surface area contributed by atoms with Crippen LogP contribution in [0.1, 0.15) is 13.8 Å². The second-order valence-corrected chi connectivity index (χ2v) is 3.65. The molecule has 0 fully saturated rings. The molecule has 0 aliphatic carbocycles. The molecular formula is C9H18ClNO3. The van der Waals surface area contributed by atoms with Crippen LogP contribution in [-0.2, 0) is 14.6 Å². The van der Waals surface area contributed by atoms with Crippen LogP contribution in [0.5, 0.6) is 0 Å². The fourth-order valence-corrected chi connectivity index (χ4v) is 0.385. The van der Waals surface area contributed by atoms with E-state index in [1.165, 1.54) is 0 Å². The van der Waals surface area contributed by atoms with E-state index in [-0.39, 0.29) is 12.4 Å². The van der Waals surface area contributed by atoms with Gasteiger partial charge in [0.25, 0.3) is 0 Å². The highest BCUT2D eigenvalue weighted by molar-refractivity contribution is 5.86. The summed E-state index contributed by atoms with van der Waals surface area (Å²) >= 11 is 0. The maximum Gasteiger partial charge on any atom is 0.368 e. The van der Waals surface area contributed by atoms with E-state index in [1.807, 2.05) is 21.0 Å². The topological polar surface area (TPSA) is 35.5 Å². The Morgan fingerprint density at radius 2 is 1.93 bits per heavy atom. The summed E-state index contributed by atoms with van der Waals surface area (Å²) < 4.78 is 0.642. The molecule has 0 aliphatic heterocycles. The highest BCUT2D eigenvalue weighted by Gasteiger charge is 2.14. The van der Waals surface area contributed by atoms with Crippen molar-refractivity contribution in [3.05, 3.63) is 12.2 Å². The molecule has 0 unspecified atom stereocenters. The van der Waals surface area contributed by atoms with Gasteiger partial charge in [0.05, 0.1) is 20.6 Å². The van der Waals surface area contributed by atoms with Gasteiger partial charge in [0.2, 0.25) is 6.73 Å². The lowest BCUT2D eigenvalue weighted by Crippen LogP contribution is -3.00. The molecule has 0 radical (unpaired) electrons. The maximum atomic E-state index is 10.9. The molecule has 0 aliphatic rings. The summed E-state index contributed by atoms with van der Waals surface area (Å²) in [7, 11) is 3.96. The molecule has 0 aromatic heterocycles.